The first-order chi connectivity index (χ1) is 10.1. The SMILES string of the molecule is CC(CNc1cnn(CCO)c(=O)c1Br)N1CCCCC1. The molecule has 0 aromatic carbocycles. The number of hydrogen-bond acceptors (Lipinski definition) is 5. The summed E-state index contributed by atoms with van der Waals surface area (Å²) in [6, 6.07) is 0.428. The minimum absolute atomic E-state index is 0.0991. The number of aromatic nitrogens is 2. The van der Waals surface area contributed by atoms with Crippen LogP contribution >= 0.6 is 15.9 Å². The number of aliphatic hydroxyl groups excluding tert-OH is 1. The van der Waals surface area contributed by atoms with E-state index < -0.39 is 0 Å². The number of hydrogen-bond donors (Lipinski definition) is 2. The van der Waals surface area contributed by atoms with E-state index in [1.54, 1.807) is 6.20 Å². The minimum atomic E-state index is -0.223. The molecular formula is C14H23BrN4O2. The average molecular weight is 359 g/mol. The lowest BCUT2D eigenvalue weighted by atomic mass is 10.1. The smallest absolute Gasteiger partial charge is 0.283 e. The van der Waals surface area contributed by atoms with Crippen molar-refractivity contribution in [2.45, 2.75) is 38.8 Å². The Morgan fingerprint density at radius 1 is 1.43 bits per heavy atom. The first kappa shape index (κ1) is 16.5. The molecule has 1 aliphatic rings. The molecule has 0 aliphatic carbocycles. The molecule has 0 bridgehead atoms. The van der Waals surface area contributed by atoms with Gasteiger partial charge in [-0.3, -0.25) is 9.69 Å². The van der Waals surface area contributed by atoms with Crippen molar-refractivity contribution in [3.63, 3.8) is 0 Å². The molecule has 6 nitrogen and oxygen atoms in total. The predicted octanol–water partition coefficient (Wildman–Crippen LogP) is 1.28. The van der Waals surface area contributed by atoms with E-state index >= 15 is 0 Å². The monoisotopic (exact) mass is 358 g/mol. The maximum absolute atomic E-state index is 12.0. The summed E-state index contributed by atoms with van der Waals surface area (Å²) in [5, 5.41) is 16.2. The van der Waals surface area contributed by atoms with Crippen molar-refractivity contribution in [3.8, 4) is 0 Å². The second kappa shape index (κ2) is 7.91. The molecule has 0 amide bonds. The minimum Gasteiger partial charge on any atom is -0.394 e. The molecule has 1 saturated heterocycles. The Kier molecular flexibility index (Phi) is 6.20. The Morgan fingerprint density at radius 3 is 2.81 bits per heavy atom. The van der Waals surface area contributed by atoms with E-state index in [0.717, 1.165) is 19.6 Å². The highest BCUT2D eigenvalue weighted by Crippen LogP contribution is 2.17. The fourth-order valence-electron chi connectivity index (χ4n) is 2.59. The lowest BCUT2D eigenvalue weighted by Gasteiger charge is -2.32. The molecule has 2 N–H and O–H groups in total. The summed E-state index contributed by atoms with van der Waals surface area (Å²) in [7, 11) is 0. The average Bonchev–Trinajstić information content (AvgIpc) is 2.52. The molecule has 0 spiro atoms. The van der Waals surface area contributed by atoms with Gasteiger partial charge in [0, 0.05) is 12.6 Å². The molecule has 1 unspecified atom stereocenters. The quantitative estimate of drug-likeness (QED) is 0.801. The molecule has 1 fully saturated rings. The number of piperidine rings is 1. The van der Waals surface area contributed by atoms with Gasteiger partial charge in [0.25, 0.3) is 5.56 Å². The summed E-state index contributed by atoms with van der Waals surface area (Å²) in [6.45, 7) is 5.40. The number of rotatable bonds is 6. The zero-order valence-electron chi connectivity index (χ0n) is 12.4. The van der Waals surface area contributed by atoms with Gasteiger partial charge in [-0.25, -0.2) is 4.68 Å². The van der Waals surface area contributed by atoms with Crippen molar-refractivity contribution in [1.82, 2.24) is 14.7 Å². The summed E-state index contributed by atoms with van der Waals surface area (Å²) < 4.78 is 1.72. The first-order valence-electron chi connectivity index (χ1n) is 7.48. The Labute approximate surface area is 133 Å². The number of likely N-dealkylation sites (tertiary alicyclic amines) is 1. The zero-order chi connectivity index (χ0) is 15.2. The third-order valence-electron chi connectivity index (χ3n) is 3.90. The fraction of sp³-hybridized carbons (Fsp3) is 0.714. The van der Waals surface area contributed by atoms with Crippen molar-refractivity contribution in [2.75, 3.05) is 31.6 Å². The van der Waals surface area contributed by atoms with E-state index in [1.165, 1.54) is 23.9 Å². The van der Waals surface area contributed by atoms with Gasteiger partial charge in [0.2, 0.25) is 0 Å². The summed E-state index contributed by atoms with van der Waals surface area (Å²) in [4.78, 5) is 14.5. The highest BCUT2D eigenvalue weighted by atomic mass is 79.9. The Balaban J connectivity index is 1.96. The van der Waals surface area contributed by atoms with Gasteiger partial charge in [0.15, 0.2) is 0 Å². The second-order valence-electron chi connectivity index (χ2n) is 5.45. The van der Waals surface area contributed by atoms with Crippen molar-refractivity contribution < 1.29 is 5.11 Å². The van der Waals surface area contributed by atoms with Crippen molar-refractivity contribution in [1.29, 1.82) is 0 Å². The number of nitrogens with zero attached hydrogens (tertiary/aromatic N) is 3. The Bertz CT molecular complexity index is 514. The summed E-state index contributed by atoms with van der Waals surface area (Å²) in [6.07, 6.45) is 5.50. The van der Waals surface area contributed by atoms with Crippen LogP contribution in [0.25, 0.3) is 0 Å². The molecule has 2 rings (SSSR count). The number of anilines is 1. The van der Waals surface area contributed by atoms with Gasteiger partial charge in [-0.1, -0.05) is 6.42 Å². The van der Waals surface area contributed by atoms with Crippen LogP contribution in [0.2, 0.25) is 0 Å². The maximum Gasteiger partial charge on any atom is 0.283 e. The Morgan fingerprint density at radius 2 is 2.14 bits per heavy atom. The largest absolute Gasteiger partial charge is 0.394 e. The van der Waals surface area contributed by atoms with Crippen LogP contribution in [0, 0.1) is 0 Å². The van der Waals surface area contributed by atoms with Crippen LogP contribution in [0.5, 0.6) is 0 Å². The standard InChI is InChI=1S/C14H23BrN4O2/c1-11(18-5-3-2-4-6-18)9-16-12-10-17-19(7-8-20)14(21)13(12)15/h10-11,16,20H,2-9H2,1H3. The van der Waals surface area contributed by atoms with Crippen molar-refractivity contribution in [2.24, 2.45) is 0 Å². The molecule has 1 atom stereocenters. The van der Waals surface area contributed by atoms with Gasteiger partial charge in [-0.2, -0.15) is 5.10 Å². The number of halogens is 1. The number of nitrogens with one attached hydrogen (secondary N) is 1. The molecule has 1 aromatic rings. The molecule has 1 aliphatic heterocycles. The lowest BCUT2D eigenvalue weighted by Crippen LogP contribution is -2.41. The molecule has 21 heavy (non-hydrogen) atoms. The zero-order valence-corrected chi connectivity index (χ0v) is 14.0. The van der Waals surface area contributed by atoms with E-state index in [9.17, 15) is 4.79 Å². The highest BCUT2D eigenvalue weighted by Gasteiger charge is 2.17. The van der Waals surface area contributed by atoms with E-state index in [2.05, 4.69) is 38.2 Å². The summed E-state index contributed by atoms with van der Waals surface area (Å²) in [5.74, 6) is 0. The van der Waals surface area contributed by atoms with Crippen LogP contribution in [-0.2, 0) is 6.54 Å². The summed E-state index contributed by atoms with van der Waals surface area (Å²) >= 11 is 3.32. The fourth-order valence-corrected chi connectivity index (χ4v) is 3.04. The van der Waals surface area contributed by atoms with E-state index in [4.69, 9.17) is 5.11 Å². The topological polar surface area (TPSA) is 70.4 Å². The van der Waals surface area contributed by atoms with E-state index in [1.807, 2.05) is 0 Å². The predicted molar refractivity (Wildman–Crippen MR) is 86.7 cm³/mol. The molecular weight excluding hydrogens is 336 g/mol. The third-order valence-corrected chi connectivity index (χ3v) is 4.66. The van der Waals surface area contributed by atoms with Gasteiger partial charge >= 0.3 is 0 Å². The van der Waals surface area contributed by atoms with E-state index in [-0.39, 0.29) is 18.7 Å². The van der Waals surface area contributed by atoms with Gasteiger partial charge in [0.1, 0.15) is 4.47 Å². The van der Waals surface area contributed by atoms with Crippen LogP contribution in [0.15, 0.2) is 15.5 Å². The van der Waals surface area contributed by atoms with Gasteiger partial charge in [0.05, 0.1) is 25.0 Å². The van der Waals surface area contributed by atoms with Gasteiger partial charge in [-0.05, 0) is 48.8 Å². The molecule has 1 aromatic heterocycles. The summed E-state index contributed by atoms with van der Waals surface area (Å²) in [5.41, 5.74) is 0.484. The molecule has 7 heteroatoms. The molecule has 0 radical (unpaired) electrons. The molecule has 118 valence electrons. The third kappa shape index (κ3) is 4.28. The van der Waals surface area contributed by atoms with Gasteiger partial charge < -0.3 is 10.4 Å². The Hall–Kier alpha value is -0.920. The normalized spacial score (nSPS) is 17.7. The second-order valence-corrected chi connectivity index (χ2v) is 6.24. The van der Waals surface area contributed by atoms with Crippen LogP contribution in [-0.4, -0.2) is 52.1 Å². The van der Waals surface area contributed by atoms with Crippen molar-refractivity contribution in [3.05, 3.63) is 21.0 Å². The van der Waals surface area contributed by atoms with Crippen LogP contribution in [0.4, 0.5) is 5.69 Å². The van der Waals surface area contributed by atoms with Crippen molar-refractivity contribution >= 4 is 21.6 Å². The molecule has 0 saturated carbocycles. The molecule has 2 heterocycles. The first-order valence-corrected chi connectivity index (χ1v) is 8.27. The van der Waals surface area contributed by atoms with Crippen LogP contribution < -0.4 is 10.9 Å². The van der Waals surface area contributed by atoms with Gasteiger partial charge in [-0.15, -0.1) is 0 Å². The van der Waals surface area contributed by atoms with E-state index in [0.29, 0.717) is 16.2 Å². The van der Waals surface area contributed by atoms with Crippen LogP contribution in [0.1, 0.15) is 26.2 Å². The highest BCUT2D eigenvalue weighted by molar-refractivity contribution is 9.10. The maximum atomic E-state index is 12.0. The lowest BCUT2D eigenvalue weighted by molar-refractivity contribution is 0.180. The number of aliphatic hydroxyl groups is 1. The van der Waals surface area contributed by atoms with Crippen LogP contribution in [0.3, 0.4) is 0 Å².